The maximum atomic E-state index is 10.3. The van der Waals surface area contributed by atoms with Gasteiger partial charge in [-0.15, -0.1) is 0 Å². The Morgan fingerprint density at radius 3 is 0.593 bits per heavy atom. The number of phenols is 12. The van der Waals surface area contributed by atoms with Crippen molar-refractivity contribution in [2.24, 2.45) is 23.7 Å². The van der Waals surface area contributed by atoms with Crippen LogP contribution in [-0.4, -0.2) is 173 Å². The molecule has 588 valence electrons. The first-order chi connectivity index (χ1) is 51.9. The van der Waals surface area contributed by atoms with Crippen molar-refractivity contribution in [1.29, 1.82) is 0 Å². The molecule has 0 unspecified atom stereocenters. The first-order valence-electron chi connectivity index (χ1n) is 34.3. The normalized spacial score (nSPS) is 12.2. The lowest BCUT2D eigenvalue weighted by atomic mass is 9.80. The smallest absolute Gasteiger partial charge is 0.203 e. The Balaban J connectivity index is 0.000000301. The number of hydrogen-bond donors (Lipinski definition) is 12. The van der Waals surface area contributed by atoms with E-state index in [0.29, 0.717) is 156 Å². The minimum absolute atomic E-state index is 0.171. The fourth-order valence-electron chi connectivity index (χ4n) is 12.9. The molecule has 8 aromatic carbocycles. The Morgan fingerprint density at radius 2 is 0.407 bits per heavy atom. The molecule has 12 N–H and O–H groups in total. The summed E-state index contributed by atoms with van der Waals surface area (Å²) in [6.45, 7) is 2.04. The third-order valence-electron chi connectivity index (χ3n) is 18.2. The molecule has 108 heavy (non-hydrogen) atoms. The minimum atomic E-state index is -0.621. The summed E-state index contributed by atoms with van der Waals surface area (Å²) in [5, 5.41) is 123. The van der Waals surface area contributed by atoms with Crippen molar-refractivity contribution in [2.75, 3.05) is 112 Å². The number of aromatic hydroxyl groups is 12. The van der Waals surface area contributed by atoms with Gasteiger partial charge in [0, 0.05) is 13.2 Å². The molecule has 0 aliphatic carbocycles. The van der Waals surface area contributed by atoms with Gasteiger partial charge in [-0.1, -0.05) is 0 Å². The van der Waals surface area contributed by atoms with Gasteiger partial charge in [0.2, 0.25) is 23.0 Å². The molecule has 0 spiro atoms. The second-order valence-electron chi connectivity index (χ2n) is 25.3. The maximum absolute atomic E-state index is 10.3. The third-order valence-corrected chi connectivity index (χ3v) is 18.2. The first kappa shape index (κ1) is 84.1. The predicted octanol–water partition coefficient (Wildman–Crippen LogP) is 12.4. The maximum Gasteiger partial charge on any atom is 0.203 e. The summed E-state index contributed by atoms with van der Waals surface area (Å²) in [7, 11) is 18.4. The summed E-state index contributed by atoms with van der Waals surface area (Å²) in [5.74, 6) is -1.31. The molecular weight excluding hydrogens is 1410 g/mol. The van der Waals surface area contributed by atoms with Crippen LogP contribution in [0.25, 0.3) is 0 Å². The van der Waals surface area contributed by atoms with E-state index in [0.717, 1.165) is 22.3 Å². The summed E-state index contributed by atoms with van der Waals surface area (Å²) in [5.41, 5.74) is 5.38. The van der Waals surface area contributed by atoms with Crippen molar-refractivity contribution in [2.45, 2.75) is 77.8 Å². The molecule has 28 heteroatoms. The van der Waals surface area contributed by atoms with Gasteiger partial charge in [0.25, 0.3) is 0 Å². The van der Waals surface area contributed by atoms with Gasteiger partial charge < -0.3 is 137 Å². The van der Waals surface area contributed by atoms with E-state index in [1.807, 2.05) is 24.3 Å². The predicted molar refractivity (Wildman–Crippen MR) is 396 cm³/mol. The van der Waals surface area contributed by atoms with Crippen LogP contribution in [0.2, 0.25) is 0 Å². The number of rotatable bonds is 42. The third kappa shape index (κ3) is 22.4. The topological polar surface area (TPSA) is 390 Å². The summed E-state index contributed by atoms with van der Waals surface area (Å²) in [6.07, 6.45) is 3.69. The highest BCUT2D eigenvalue weighted by atomic mass is 16.6. The van der Waals surface area contributed by atoms with Crippen LogP contribution in [-0.2, 0) is 71.1 Å². The van der Waals surface area contributed by atoms with Gasteiger partial charge in [-0.2, -0.15) is 0 Å². The van der Waals surface area contributed by atoms with Gasteiger partial charge in [0.05, 0.1) is 125 Å². The van der Waals surface area contributed by atoms with E-state index in [2.05, 4.69) is 0 Å². The molecule has 28 nitrogen and oxygen atoms in total. The van der Waals surface area contributed by atoms with Crippen LogP contribution in [0, 0.1) is 23.7 Å². The van der Waals surface area contributed by atoms with E-state index in [-0.39, 0.29) is 63.3 Å². The second kappa shape index (κ2) is 41.1. The number of methoxy groups -OCH3 is 12. The van der Waals surface area contributed by atoms with Gasteiger partial charge in [-0.25, -0.2) is 0 Å². The molecule has 8 rings (SSSR count). The molecular formula is C80H100O28. The fourth-order valence-corrected chi connectivity index (χ4v) is 12.9. The lowest BCUT2D eigenvalue weighted by Gasteiger charge is -2.28. The average Bonchev–Trinajstić information content (AvgIpc) is 0.849. The van der Waals surface area contributed by atoms with Crippen LogP contribution in [0.4, 0.5) is 0 Å². The van der Waals surface area contributed by atoms with Crippen LogP contribution in [0.1, 0.15) is 70.2 Å². The van der Waals surface area contributed by atoms with E-state index < -0.39 is 69.0 Å². The van der Waals surface area contributed by atoms with Crippen molar-refractivity contribution in [3.8, 4) is 138 Å². The molecule has 0 aromatic heterocycles. The SMILES string of the molecule is COc1cc(COCCC[C@@H](Cc2cc(O)c(O)c(O)c2)[C@@H](COCc2cc(OC)c(OC)c(OC)c2)Cc2cc(O)c(O)c(O)c2)cc(OC)c1OC.COc1cc(COCCC[C@H](Cc2cc(O)c(O)c(O)c2)[C@H](COCc2cc(OC)c(OC)c(OC)c2)Cc2cc(O)c(O)c(O)c2)cc(OC)c1OC. The zero-order valence-corrected chi connectivity index (χ0v) is 62.8. The number of hydrogen-bond acceptors (Lipinski definition) is 28. The minimum Gasteiger partial charge on any atom is -0.504 e. The van der Waals surface area contributed by atoms with Crippen molar-refractivity contribution >= 4 is 0 Å². The highest BCUT2D eigenvalue weighted by Crippen LogP contribution is 2.46. The number of benzene rings is 8. The van der Waals surface area contributed by atoms with Crippen molar-refractivity contribution in [3.63, 3.8) is 0 Å². The Kier molecular flexibility index (Phi) is 32.0. The van der Waals surface area contributed by atoms with Crippen LogP contribution in [0.15, 0.2) is 97.1 Å². The average molecular weight is 1510 g/mol. The molecule has 0 bridgehead atoms. The zero-order chi connectivity index (χ0) is 78.7. The zero-order valence-electron chi connectivity index (χ0n) is 62.8. The van der Waals surface area contributed by atoms with Gasteiger partial charge in [0.15, 0.2) is 115 Å². The lowest BCUT2D eigenvalue weighted by molar-refractivity contribution is 0.0577. The molecule has 0 radical (unpaired) electrons. The standard InChI is InChI=1S/2C40H50O14/c2*1-47-33-16-25(17-34(48-2)39(33)51-5)20-53-9-7-8-27(10-23-12-29(41)37(45)30(42)13-23)28(11-24-14-31(43)38(46)32(44)15-24)22-54-21-26-18-35(49-3)40(52-6)36(19-26)50-4/h2*12-19,27-28,41-46H,7-11,20-22H2,1-6H3/t2*27-,28+/m10/s1. The summed E-state index contributed by atoms with van der Waals surface area (Å²) >= 11 is 0. The molecule has 8 aromatic rings. The molecule has 0 aliphatic rings. The van der Waals surface area contributed by atoms with E-state index >= 15 is 0 Å². The Hall–Kier alpha value is -11.2. The molecule has 0 heterocycles. The van der Waals surface area contributed by atoms with E-state index in [1.165, 1.54) is 105 Å². The van der Waals surface area contributed by atoms with E-state index in [4.69, 9.17) is 75.8 Å². The monoisotopic (exact) mass is 1510 g/mol. The largest absolute Gasteiger partial charge is 0.504 e. The lowest BCUT2D eigenvalue weighted by Crippen LogP contribution is -2.25. The van der Waals surface area contributed by atoms with Crippen LogP contribution in [0.5, 0.6) is 138 Å². The van der Waals surface area contributed by atoms with Crippen molar-refractivity contribution < 1.29 is 137 Å². The summed E-state index contributed by atoms with van der Waals surface area (Å²) in [4.78, 5) is 0. The Morgan fingerprint density at radius 1 is 0.222 bits per heavy atom. The van der Waals surface area contributed by atoms with Crippen LogP contribution < -0.4 is 56.8 Å². The fraction of sp³-hybridized carbons (Fsp3) is 0.400. The van der Waals surface area contributed by atoms with Gasteiger partial charge in [-0.05, 0) is 217 Å². The second-order valence-corrected chi connectivity index (χ2v) is 25.3. The molecule has 0 amide bonds. The molecule has 0 aliphatic heterocycles. The molecule has 0 saturated heterocycles. The highest BCUT2D eigenvalue weighted by Gasteiger charge is 2.29. The van der Waals surface area contributed by atoms with E-state index in [9.17, 15) is 61.3 Å². The van der Waals surface area contributed by atoms with Gasteiger partial charge in [0.1, 0.15) is 0 Å². The van der Waals surface area contributed by atoms with Gasteiger partial charge in [-0.3, -0.25) is 0 Å². The molecule has 4 atom stereocenters. The van der Waals surface area contributed by atoms with Gasteiger partial charge >= 0.3 is 0 Å². The summed E-state index contributed by atoms with van der Waals surface area (Å²) < 4.78 is 90.3. The Labute approximate surface area is 627 Å². The van der Waals surface area contributed by atoms with Crippen molar-refractivity contribution in [1.82, 2.24) is 0 Å². The summed E-state index contributed by atoms with van der Waals surface area (Å²) in [6, 6.07) is 25.6. The molecule has 0 saturated carbocycles. The quantitative estimate of drug-likeness (QED) is 0.0125. The van der Waals surface area contributed by atoms with Crippen LogP contribution in [0.3, 0.4) is 0 Å². The van der Waals surface area contributed by atoms with Crippen LogP contribution >= 0.6 is 0 Å². The number of phenolic OH excluding ortho intramolecular Hbond substituents is 12. The van der Waals surface area contributed by atoms with Crippen molar-refractivity contribution in [3.05, 3.63) is 142 Å². The molecule has 0 fully saturated rings. The first-order valence-corrected chi connectivity index (χ1v) is 34.3. The number of ether oxygens (including phenoxy) is 16. The highest BCUT2D eigenvalue weighted by molar-refractivity contribution is 5.58. The van der Waals surface area contributed by atoms with E-state index in [1.54, 1.807) is 52.7 Å². The Bertz CT molecular complexity index is 3760.